The van der Waals surface area contributed by atoms with Crippen molar-refractivity contribution in [2.45, 2.75) is 199 Å². The molecule has 0 spiro atoms. The average molecular weight is 2100 g/mol. The molecule has 146 heavy (non-hydrogen) atoms. The van der Waals surface area contributed by atoms with Crippen molar-refractivity contribution >= 4 is 122 Å². The maximum Gasteiger partial charge on any atom is 0.346 e. The summed E-state index contributed by atoms with van der Waals surface area (Å²) in [5.74, 6) is -1.98. The number of aromatic nitrogens is 10. The van der Waals surface area contributed by atoms with Crippen molar-refractivity contribution in [2.24, 2.45) is 17.2 Å². The Bertz CT molecular complexity index is 7180. The molecule has 7 amide bonds. The third kappa shape index (κ3) is 38.9. The Morgan fingerprint density at radius 1 is 0.295 bits per heavy atom. The van der Waals surface area contributed by atoms with Crippen LogP contribution in [-0.2, 0) is 72.8 Å². The second kappa shape index (κ2) is 63.4. The van der Waals surface area contributed by atoms with E-state index in [1.165, 1.54) is 56.5 Å². The first-order chi connectivity index (χ1) is 67.5. The molecule has 0 bridgehead atoms. The van der Waals surface area contributed by atoms with Gasteiger partial charge in [0.15, 0.2) is 5.78 Å². The largest absolute Gasteiger partial charge is 0.412 e. The SMILES string of the molecule is C.C.C.C.C.CC(=O)c1ccc(-n2sc(=O)n(Cc3ccccc3)c2=O)cc1.NC(=O)CCCCC(=O)Nc1ccc(-n2sc(=O)n(Cc3ccccc3)c2=O)cc1.NC(=O)CCCCCCC(=O)Nc1ccc(-n2sc(=O)n(Cc3ccccc3)c2=O)cc1.NC(=O)CCCCCCCCC(=O)Nc1ccc(-n2sc(=O)n(Cc3ccccc3)c2=O)cc1.O.O=C(/C=C/Cn1sc(=O)n(Cc2ccccc2)c1=O)NO. The summed E-state index contributed by atoms with van der Waals surface area (Å²) in [5.41, 5.74) is 23.8. The van der Waals surface area contributed by atoms with Crippen molar-refractivity contribution in [3.63, 3.8) is 0 Å². The lowest BCUT2D eigenvalue weighted by Crippen LogP contribution is -2.29. The zero-order valence-electron chi connectivity index (χ0n) is 76.8. The number of anilines is 3. The fourth-order valence-corrected chi connectivity index (χ4v) is 17.7. The lowest BCUT2D eigenvalue weighted by Gasteiger charge is -2.07. The van der Waals surface area contributed by atoms with Gasteiger partial charge in [-0.3, -0.25) is 67.5 Å². The topological polar surface area (TPSA) is 534 Å². The Balaban J connectivity index is 0.000000380. The van der Waals surface area contributed by atoms with Gasteiger partial charge in [-0.1, -0.05) is 233 Å². The van der Waals surface area contributed by atoms with E-state index in [9.17, 15) is 86.3 Å². The van der Waals surface area contributed by atoms with E-state index in [1.54, 1.807) is 97.1 Å². The molecule has 0 aliphatic carbocycles. The summed E-state index contributed by atoms with van der Waals surface area (Å²) in [6, 6.07) is 73.6. The van der Waals surface area contributed by atoms with Crippen LogP contribution in [0.2, 0.25) is 0 Å². The van der Waals surface area contributed by atoms with Crippen molar-refractivity contribution in [3.8, 4) is 22.7 Å². The van der Waals surface area contributed by atoms with Crippen molar-refractivity contribution < 1.29 is 49.0 Å². The Kier molecular flexibility index (Phi) is 53.3. The molecule has 9 aromatic carbocycles. The summed E-state index contributed by atoms with van der Waals surface area (Å²) in [4.78, 5) is 212. The van der Waals surface area contributed by atoms with Crippen LogP contribution < -0.4 is 91.4 Å². The molecule has 37 nitrogen and oxygen atoms in total. The Morgan fingerprint density at radius 2 is 0.514 bits per heavy atom. The van der Waals surface area contributed by atoms with Crippen LogP contribution in [0.4, 0.5) is 17.1 Å². The summed E-state index contributed by atoms with van der Waals surface area (Å²) in [5, 5.41) is 16.8. The number of primary amides is 3. The second-order valence-electron chi connectivity index (χ2n) is 31.7. The number of benzene rings is 9. The number of nitrogens with one attached hydrogen (secondary N) is 4. The van der Waals surface area contributed by atoms with E-state index in [0.29, 0.717) is 90.3 Å². The predicted octanol–water partition coefficient (Wildman–Crippen LogP) is 13.5. The van der Waals surface area contributed by atoms with Gasteiger partial charge >= 0.3 is 52.8 Å². The van der Waals surface area contributed by atoms with Gasteiger partial charge in [-0.2, -0.15) is 0 Å². The van der Waals surface area contributed by atoms with Gasteiger partial charge in [0.05, 0.1) is 62.0 Å². The highest BCUT2D eigenvalue weighted by Crippen LogP contribution is 2.21. The maximum atomic E-state index is 12.8. The van der Waals surface area contributed by atoms with E-state index in [2.05, 4.69) is 16.0 Å². The van der Waals surface area contributed by atoms with Crippen LogP contribution in [0.1, 0.15) is 198 Å². The van der Waals surface area contributed by atoms with Crippen LogP contribution in [0.3, 0.4) is 0 Å². The number of allylic oxidation sites excluding steroid dienone is 1. The summed E-state index contributed by atoms with van der Waals surface area (Å²) >= 11 is 4.18. The molecule has 0 aliphatic rings. The average Bonchev–Trinajstić information content (AvgIpc) is 1.66. The smallest absolute Gasteiger partial charge is 0.346 e. The number of Topliss-reactive ketones (excluding diaryl/α,β-unsaturated/α-hetero) is 1. The fraction of sp³-hybridized carbons (Fsp3) is 0.288. The van der Waals surface area contributed by atoms with Crippen LogP contribution in [0, 0.1) is 0 Å². The number of nitrogens with zero attached hydrogens (tertiary/aromatic N) is 10. The van der Waals surface area contributed by atoms with E-state index < -0.39 is 23.0 Å². The Morgan fingerprint density at radius 3 is 0.760 bits per heavy atom. The van der Waals surface area contributed by atoms with Crippen LogP contribution in [0.15, 0.2) is 309 Å². The first kappa shape index (κ1) is 123. The quantitative estimate of drug-likeness (QED) is 0.00579. The maximum absolute atomic E-state index is 12.8. The zero-order chi connectivity index (χ0) is 100. The van der Waals surface area contributed by atoms with Gasteiger partial charge in [0, 0.05) is 125 Å². The lowest BCUT2D eigenvalue weighted by molar-refractivity contribution is -0.124. The fourth-order valence-electron chi connectivity index (χ4n) is 13.7. The number of nitrogens with two attached hydrogens (primary N) is 3. The molecule has 14 aromatic rings. The summed E-state index contributed by atoms with van der Waals surface area (Å²) in [7, 11) is 0. The molecule has 5 heterocycles. The molecule has 0 radical (unpaired) electrons. The number of unbranched alkanes of at least 4 members (excludes halogenated alkanes) is 9. The number of ketones is 1. The monoisotopic (exact) mass is 2090 g/mol. The minimum Gasteiger partial charge on any atom is -0.412 e. The third-order valence-corrected chi connectivity index (χ3v) is 25.6. The first-order valence-corrected chi connectivity index (χ1v) is 48.5. The van der Waals surface area contributed by atoms with E-state index in [4.69, 9.17) is 22.4 Å². The van der Waals surface area contributed by atoms with Crippen molar-refractivity contribution in [1.29, 1.82) is 0 Å². The van der Waals surface area contributed by atoms with Crippen LogP contribution >= 0.6 is 57.7 Å². The van der Waals surface area contributed by atoms with Crippen molar-refractivity contribution in [3.05, 3.63) is 395 Å². The molecule has 14 rings (SSSR count). The highest BCUT2D eigenvalue weighted by molar-refractivity contribution is 7.05. The van der Waals surface area contributed by atoms with Crippen LogP contribution in [0.25, 0.3) is 22.7 Å². The molecular weight excluding hydrogens is 1970 g/mol. The third-order valence-electron chi connectivity index (χ3n) is 21.0. The molecule has 42 heteroatoms. The summed E-state index contributed by atoms with van der Waals surface area (Å²) in [6.07, 6.45) is 14.7. The molecule has 13 N–H and O–H groups in total. The molecule has 0 saturated heterocycles. The molecule has 0 unspecified atom stereocenters. The normalized spacial score (nSPS) is 10.3. The van der Waals surface area contributed by atoms with Gasteiger partial charge in [0.25, 0.3) is 5.91 Å². The van der Waals surface area contributed by atoms with Gasteiger partial charge in [-0.05, 0) is 170 Å². The molecular formula is C104H127N17O20S5. The van der Waals surface area contributed by atoms with Crippen molar-refractivity contribution in [1.82, 2.24) is 48.1 Å². The molecule has 0 aliphatic heterocycles. The number of carbonyl (C=O) groups excluding carboxylic acids is 8. The van der Waals surface area contributed by atoms with Crippen LogP contribution in [0.5, 0.6) is 0 Å². The molecule has 0 fully saturated rings. The van der Waals surface area contributed by atoms with Crippen molar-refractivity contribution in [2.75, 3.05) is 16.0 Å². The van der Waals surface area contributed by atoms with Gasteiger partial charge in [-0.15, -0.1) is 0 Å². The van der Waals surface area contributed by atoms with Gasteiger partial charge in [0.2, 0.25) is 35.4 Å². The molecule has 778 valence electrons. The summed E-state index contributed by atoms with van der Waals surface area (Å²) < 4.78 is 12.6. The molecule has 5 aromatic heterocycles. The number of rotatable bonds is 42. The first-order valence-electron chi connectivity index (χ1n) is 44.6. The van der Waals surface area contributed by atoms with Gasteiger partial charge < -0.3 is 38.6 Å². The number of hydroxylamine groups is 1. The predicted molar refractivity (Wildman–Crippen MR) is 580 cm³/mol. The number of amides is 7. The standard InChI is InChI=1S/C25H30N4O4S.C23H26N4O4S.C21H22N4O4S.C17H14N2O3S.C13H13N3O4S.5CH4.H2O/c26-22(30)12-8-3-1-2-4-9-13-23(31)27-20-14-16-21(17-15-20)29-24(32)28(25(33)34-29)18-19-10-6-5-7-11-19;24-20(28)10-6-1-2-7-11-21(29)25-18-12-14-19(15-13-18)27-22(30)26(23(31)32-27)16-17-8-4-3-5-9-17;22-18(26)8-4-5-9-19(27)23-16-10-12-17(13-11-16)25-20(28)24(21(29)30-25)14-15-6-2-1-3-7-15;1-12(20)14-7-9-15(10-8-14)19-16(21)18(17(22)23-19)11-13-5-3-2-4-6-13;17-11(14-20)7-4-8-16-12(18)15(13(19)21-16)9-10-5-2-1-3-6-10;;;;;;/h5-7,10-11,14-17H,1-4,8-9,12-13,18H2,(H2,26,30)(H,27,31);3-5,8-9,12-15H,1-2,6-7,10-11,16H2,(H2,24,28)(H,25,29);1-3,6-7,10-13H,4-5,8-9,14H2,(H2,22,26)(H,23,27);2-10H,11H2,1H3;1-7,20H,8-9H2,(H,14,17);5*1H4;1H2/b;;;;7-4+;;;;;;. The zero-order valence-corrected chi connectivity index (χ0v) is 80.9. The molecule has 0 saturated carbocycles. The van der Waals surface area contributed by atoms with Gasteiger partial charge in [-0.25, -0.2) is 72.1 Å². The lowest BCUT2D eigenvalue weighted by atomic mass is 10.1. The minimum atomic E-state index is -0.695. The van der Waals surface area contributed by atoms with E-state index in [0.717, 1.165) is 160 Å². The summed E-state index contributed by atoms with van der Waals surface area (Å²) in [6.45, 7) is 2.69. The van der Waals surface area contributed by atoms with Gasteiger partial charge in [0.1, 0.15) is 0 Å². The van der Waals surface area contributed by atoms with E-state index >= 15 is 0 Å². The highest BCUT2D eigenvalue weighted by atomic mass is 32.1. The molecule has 0 atom stereocenters. The van der Waals surface area contributed by atoms with Crippen LogP contribution in [-0.4, -0.2) is 100 Å². The highest BCUT2D eigenvalue weighted by Gasteiger charge is 2.20. The Hall–Kier alpha value is -15.6. The van der Waals surface area contributed by atoms with E-state index in [-0.39, 0.29) is 165 Å². The Labute approximate surface area is 863 Å². The minimum absolute atomic E-state index is 0. The second-order valence-corrected chi connectivity index (χ2v) is 36.3. The number of carbonyl (C=O) groups is 8. The van der Waals surface area contributed by atoms with E-state index in [1.807, 2.05) is 152 Å². The number of hydrogen-bond donors (Lipinski definition) is 8. The number of hydrogen-bond acceptors (Lipinski definition) is 24.